The van der Waals surface area contributed by atoms with E-state index >= 15 is 0 Å². The molecule has 4 heteroatoms. The van der Waals surface area contributed by atoms with Gasteiger partial charge in [-0.05, 0) is 0 Å². The molecule has 1 rings (SSSR count). The Morgan fingerprint density at radius 1 is 1.60 bits per heavy atom. The molecular formula is C6H13ClN2O. The van der Waals surface area contributed by atoms with E-state index in [1.807, 2.05) is 0 Å². The van der Waals surface area contributed by atoms with Crippen LogP contribution in [0.1, 0.15) is 6.42 Å². The fourth-order valence-electron chi connectivity index (χ4n) is 1.06. The van der Waals surface area contributed by atoms with Crippen molar-refractivity contribution in [2.45, 2.75) is 6.42 Å². The molecule has 3 nitrogen and oxygen atoms in total. The normalized spacial score (nSPS) is 19.1. The predicted molar refractivity (Wildman–Crippen MR) is 42.4 cm³/mol. The lowest BCUT2D eigenvalue weighted by atomic mass is 10.4. The van der Waals surface area contributed by atoms with Crippen molar-refractivity contribution in [3.05, 3.63) is 0 Å². The molecule has 0 unspecified atom stereocenters. The summed E-state index contributed by atoms with van der Waals surface area (Å²) in [6, 6.07) is 0. The van der Waals surface area contributed by atoms with Crippen LogP contribution in [0.5, 0.6) is 0 Å². The van der Waals surface area contributed by atoms with E-state index < -0.39 is 0 Å². The number of nitrogens with two attached hydrogens (primary N) is 1. The van der Waals surface area contributed by atoms with Gasteiger partial charge in [0.2, 0.25) is 0 Å². The van der Waals surface area contributed by atoms with Gasteiger partial charge < -0.3 is 5.73 Å². The minimum Gasteiger partial charge on any atom is -0.329 e. The first-order valence-corrected chi connectivity index (χ1v) is 3.27. The Bertz CT molecular complexity index is 118. The summed E-state index contributed by atoms with van der Waals surface area (Å²) < 4.78 is 0. The number of carbonyl (C=O) groups is 1. The zero-order chi connectivity index (χ0) is 6.69. The van der Waals surface area contributed by atoms with Crippen LogP contribution in [0.3, 0.4) is 0 Å². The minimum atomic E-state index is 0. The Morgan fingerprint density at radius 3 is 2.70 bits per heavy atom. The average Bonchev–Trinajstić information content (AvgIpc) is 2.17. The van der Waals surface area contributed by atoms with Crippen LogP contribution in [-0.2, 0) is 4.79 Å². The van der Waals surface area contributed by atoms with E-state index in [0.717, 1.165) is 19.5 Å². The molecule has 0 aromatic heterocycles. The molecule has 2 N–H and O–H groups in total. The quantitative estimate of drug-likeness (QED) is 0.607. The van der Waals surface area contributed by atoms with E-state index in [1.165, 1.54) is 0 Å². The zero-order valence-corrected chi connectivity index (χ0v) is 6.69. The number of Topliss-reactive ketones (excluding diaryl/α,β-unsaturated/α-hetero) is 1. The highest BCUT2D eigenvalue weighted by atomic mass is 35.5. The summed E-state index contributed by atoms with van der Waals surface area (Å²) in [5, 5.41) is 0. The Kier molecular flexibility index (Phi) is 4.60. The zero-order valence-electron chi connectivity index (χ0n) is 5.88. The van der Waals surface area contributed by atoms with Crippen molar-refractivity contribution in [2.24, 2.45) is 5.73 Å². The van der Waals surface area contributed by atoms with Crippen LogP contribution in [0.2, 0.25) is 0 Å². The predicted octanol–water partition coefficient (Wildman–Crippen LogP) is -0.358. The Balaban J connectivity index is 0.000000810. The maximum atomic E-state index is 10.6. The maximum Gasteiger partial charge on any atom is 0.148 e. The average molecular weight is 165 g/mol. The summed E-state index contributed by atoms with van der Waals surface area (Å²) in [4.78, 5) is 12.7. The maximum absolute atomic E-state index is 10.6. The summed E-state index contributed by atoms with van der Waals surface area (Å²) >= 11 is 0. The number of hydrogen-bond acceptors (Lipinski definition) is 3. The van der Waals surface area contributed by atoms with Gasteiger partial charge in [0.15, 0.2) is 0 Å². The second-order valence-electron chi connectivity index (χ2n) is 2.35. The van der Waals surface area contributed by atoms with Crippen LogP contribution < -0.4 is 5.73 Å². The summed E-state index contributed by atoms with van der Waals surface area (Å²) in [5.74, 6) is 0.350. The third-order valence-electron chi connectivity index (χ3n) is 1.55. The summed E-state index contributed by atoms with van der Waals surface area (Å²) in [6.07, 6.45) is 0.722. The van der Waals surface area contributed by atoms with Gasteiger partial charge in [-0.3, -0.25) is 9.69 Å². The largest absolute Gasteiger partial charge is 0.329 e. The SMILES string of the molecule is Cl.NCCN1CCC(=O)C1. The van der Waals surface area contributed by atoms with E-state index in [2.05, 4.69) is 4.90 Å². The molecule has 1 aliphatic rings. The smallest absolute Gasteiger partial charge is 0.148 e. The van der Waals surface area contributed by atoms with Gasteiger partial charge in [-0.2, -0.15) is 0 Å². The number of likely N-dealkylation sites (tertiary alicyclic amines) is 1. The van der Waals surface area contributed by atoms with E-state index in [9.17, 15) is 4.79 Å². The van der Waals surface area contributed by atoms with Gasteiger partial charge in [0.05, 0.1) is 6.54 Å². The molecule has 10 heavy (non-hydrogen) atoms. The highest BCUT2D eigenvalue weighted by Gasteiger charge is 2.17. The Morgan fingerprint density at radius 2 is 2.30 bits per heavy atom. The van der Waals surface area contributed by atoms with Gasteiger partial charge in [0.25, 0.3) is 0 Å². The van der Waals surface area contributed by atoms with Crippen LogP contribution in [-0.4, -0.2) is 36.9 Å². The lowest BCUT2D eigenvalue weighted by molar-refractivity contribution is -0.116. The summed E-state index contributed by atoms with van der Waals surface area (Å²) in [5.41, 5.74) is 5.30. The van der Waals surface area contributed by atoms with Crippen LogP contribution in [0.15, 0.2) is 0 Å². The highest BCUT2D eigenvalue weighted by molar-refractivity contribution is 5.85. The topological polar surface area (TPSA) is 46.3 Å². The molecule has 0 bridgehead atoms. The molecule has 1 fully saturated rings. The number of rotatable bonds is 2. The molecule has 0 aromatic carbocycles. The van der Waals surface area contributed by atoms with Crippen LogP contribution >= 0.6 is 12.4 Å². The fourth-order valence-corrected chi connectivity index (χ4v) is 1.06. The number of hydrogen-bond donors (Lipinski definition) is 1. The van der Waals surface area contributed by atoms with E-state index in [-0.39, 0.29) is 12.4 Å². The summed E-state index contributed by atoms with van der Waals surface area (Å²) in [6.45, 7) is 3.06. The van der Waals surface area contributed by atoms with Gasteiger partial charge in [0, 0.05) is 26.1 Å². The van der Waals surface area contributed by atoms with Crippen molar-refractivity contribution in [3.63, 3.8) is 0 Å². The number of carbonyl (C=O) groups excluding carboxylic acids is 1. The number of ketones is 1. The molecule has 60 valence electrons. The molecule has 1 aliphatic heterocycles. The molecular weight excluding hydrogens is 152 g/mol. The molecule has 0 radical (unpaired) electrons. The molecule has 0 atom stereocenters. The lowest BCUT2D eigenvalue weighted by Crippen LogP contribution is -2.27. The van der Waals surface area contributed by atoms with Gasteiger partial charge >= 0.3 is 0 Å². The van der Waals surface area contributed by atoms with Crippen LogP contribution in [0.25, 0.3) is 0 Å². The van der Waals surface area contributed by atoms with Crippen molar-refractivity contribution >= 4 is 18.2 Å². The molecule has 1 heterocycles. The Hall–Kier alpha value is -0.120. The molecule has 0 saturated carbocycles. The van der Waals surface area contributed by atoms with Gasteiger partial charge in [-0.25, -0.2) is 0 Å². The van der Waals surface area contributed by atoms with Crippen molar-refractivity contribution < 1.29 is 4.79 Å². The van der Waals surface area contributed by atoms with Crippen molar-refractivity contribution in [1.29, 1.82) is 0 Å². The van der Waals surface area contributed by atoms with Gasteiger partial charge in [0.1, 0.15) is 5.78 Å². The van der Waals surface area contributed by atoms with E-state index in [1.54, 1.807) is 0 Å². The number of halogens is 1. The second-order valence-corrected chi connectivity index (χ2v) is 2.35. The molecule has 0 aromatic rings. The first kappa shape index (κ1) is 9.88. The van der Waals surface area contributed by atoms with Gasteiger partial charge in [-0.1, -0.05) is 0 Å². The standard InChI is InChI=1S/C6H12N2O.ClH/c7-2-4-8-3-1-6(9)5-8;/h1-5,7H2;1H. The lowest BCUT2D eigenvalue weighted by Gasteiger charge is -2.09. The van der Waals surface area contributed by atoms with E-state index in [0.29, 0.717) is 18.9 Å². The minimum absolute atomic E-state index is 0. The highest BCUT2D eigenvalue weighted by Crippen LogP contribution is 2.01. The second kappa shape index (κ2) is 4.66. The molecule has 0 spiro atoms. The Labute approximate surface area is 67.0 Å². The van der Waals surface area contributed by atoms with E-state index in [4.69, 9.17) is 5.73 Å². The van der Waals surface area contributed by atoms with Crippen LogP contribution in [0, 0.1) is 0 Å². The molecule has 1 saturated heterocycles. The third-order valence-corrected chi connectivity index (χ3v) is 1.55. The molecule has 0 aliphatic carbocycles. The monoisotopic (exact) mass is 164 g/mol. The van der Waals surface area contributed by atoms with Crippen molar-refractivity contribution in [2.75, 3.05) is 26.2 Å². The molecule has 0 amide bonds. The van der Waals surface area contributed by atoms with Crippen molar-refractivity contribution in [1.82, 2.24) is 4.90 Å². The first-order chi connectivity index (χ1) is 4.33. The van der Waals surface area contributed by atoms with Crippen LogP contribution in [0.4, 0.5) is 0 Å². The third kappa shape index (κ3) is 2.64. The fraction of sp³-hybridized carbons (Fsp3) is 0.833. The van der Waals surface area contributed by atoms with Crippen molar-refractivity contribution in [3.8, 4) is 0 Å². The van der Waals surface area contributed by atoms with Gasteiger partial charge in [-0.15, -0.1) is 12.4 Å². The summed E-state index contributed by atoms with van der Waals surface area (Å²) in [7, 11) is 0. The first-order valence-electron chi connectivity index (χ1n) is 3.27. The number of nitrogens with zero attached hydrogens (tertiary/aromatic N) is 1.